The quantitative estimate of drug-likeness (QED) is 0.671. The summed E-state index contributed by atoms with van der Waals surface area (Å²) in [4.78, 5) is 0. The van der Waals surface area contributed by atoms with Crippen molar-refractivity contribution in [3.8, 4) is 11.8 Å². The normalized spacial score (nSPS) is 11.6. The fourth-order valence-electron chi connectivity index (χ4n) is 0.754. The van der Waals surface area contributed by atoms with Gasteiger partial charge in [-0.1, -0.05) is 33.8 Å². The Labute approximate surface area is 80.6 Å². The molecule has 0 bridgehead atoms. The molecule has 0 heterocycles. The molecule has 0 aliphatic rings. The largest absolute Gasteiger partial charge is 0.381 e. The number of halogens is 1. The molecule has 1 unspecified atom stereocenters. The second-order valence-corrected chi connectivity index (χ2v) is 3.37. The van der Waals surface area contributed by atoms with Gasteiger partial charge in [0.2, 0.25) is 0 Å². The van der Waals surface area contributed by atoms with Crippen LogP contribution >= 0.6 is 15.9 Å². The van der Waals surface area contributed by atoms with E-state index in [2.05, 4.69) is 27.8 Å². The van der Waals surface area contributed by atoms with E-state index in [0.717, 1.165) is 10.0 Å². The van der Waals surface area contributed by atoms with Crippen LogP contribution < -0.4 is 0 Å². The minimum atomic E-state index is -0.566. The first-order chi connectivity index (χ1) is 5.68. The van der Waals surface area contributed by atoms with Gasteiger partial charge in [-0.25, -0.2) is 0 Å². The highest BCUT2D eigenvalue weighted by atomic mass is 79.9. The van der Waals surface area contributed by atoms with Crippen LogP contribution in [0.2, 0.25) is 0 Å². The highest BCUT2D eigenvalue weighted by Crippen LogP contribution is 2.10. The third kappa shape index (κ3) is 3.08. The average Bonchev–Trinajstić information content (AvgIpc) is 2.01. The Kier molecular flexibility index (Phi) is 3.33. The second-order valence-electron chi connectivity index (χ2n) is 2.46. The number of aliphatic hydroxyl groups is 1. The van der Waals surface area contributed by atoms with Crippen molar-refractivity contribution in [2.45, 2.75) is 13.0 Å². The predicted molar refractivity (Wildman–Crippen MR) is 52.7 cm³/mol. The molecule has 0 aromatic heterocycles. The molecule has 0 aliphatic heterocycles. The first-order valence-electron chi connectivity index (χ1n) is 3.63. The van der Waals surface area contributed by atoms with Gasteiger partial charge in [-0.05, 0) is 25.1 Å². The molecule has 1 N–H and O–H groups in total. The number of aliphatic hydroxyl groups excluding tert-OH is 1. The third-order valence-electron chi connectivity index (χ3n) is 1.25. The van der Waals surface area contributed by atoms with Crippen LogP contribution in [0.1, 0.15) is 12.5 Å². The zero-order valence-corrected chi connectivity index (χ0v) is 8.30. The van der Waals surface area contributed by atoms with Crippen molar-refractivity contribution in [1.82, 2.24) is 0 Å². The Morgan fingerprint density at radius 3 is 2.83 bits per heavy atom. The maximum absolute atomic E-state index is 8.90. The summed E-state index contributed by atoms with van der Waals surface area (Å²) in [6.45, 7) is 1.64. The van der Waals surface area contributed by atoms with Gasteiger partial charge in [-0.3, -0.25) is 0 Å². The van der Waals surface area contributed by atoms with Gasteiger partial charge in [-0.2, -0.15) is 0 Å². The van der Waals surface area contributed by atoms with Gasteiger partial charge in [0.15, 0.2) is 0 Å². The lowest BCUT2D eigenvalue weighted by Crippen LogP contribution is -1.92. The molecule has 0 spiro atoms. The molecular weight excluding hydrogens is 216 g/mol. The summed E-state index contributed by atoms with van der Waals surface area (Å²) in [7, 11) is 0. The van der Waals surface area contributed by atoms with Gasteiger partial charge in [0.25, 0.3) is 0 Å². The zero-order valence-electron chi connectivity index (χ0n) is 6.71. The fraction of sp³-hybridized carbons (Fsp3) is 0.200. The van der Waals surface area contributed by atoms with Crippen molar-refractivity contribution in [3.05, 3.63) is 34.3 Å². The molecule has 0 saturated heterocycles. The van der Waals surface area contributed by atoms with Gasteiger partial charge in [0.1, 0.15) is 6.10 Å². The fourth-order valence-corrected chi connectivity index (χ4v) is 1.15. The summed E-state index contributed by atoms with van der Waals surface area (Å²) < 4.78 is 1.000. The van der Waals surface area contributed by atoms with Crippen molar-refractivity contribution >= 4 is 15.9 Å². The Morgan fingerprint density at radius 1 is 1.50 bits per heavy atom. The Morgan fingerprint density at radius 2 is 2.25 bits per heavy atom. The maximum Gasteiger partial charge on any atom is 0.112 e. The SMILES string of the molecule is CC(O)C#Cc1cccc(Br)c1. The van der Waals surface area contributed by atoms with Crippen LogP contribution in [-0.2, 0) is 0 Å². The standard InChI is InChI=1S/C10H9BrO/c1-8(12)5-6-9-3-2-4-10(11)7-9/h2-4,7-8,12H,1H3. The van der Waals surface area contributed by atoms with E-state index in [1.807, 2.05) is 24.3 Å². The van der Waals surface area contributed by atoms with Crippen LogP contribution in [0, 0.1) is 11.8 Å². The number of rotatable bonds is 0. The smallest absolute Gasteiger partial charge is 0.112 e. The van der Waals surface area contributed by atoms with Crippen molar-refractivity contribution in [2.75, 3.05) is 0 Å². The first kappa shape index (κ1) is 9.31. The second kappa shape index (κ2) is 4.30. The van der Waals surface area contributed by atoms with E-state index in [1.54, 1.807) is 6.92 Å². The summed E-state index contributed by atoms with van der Waals surface area (Å²) in [5.74, 6) is 5.53. The van der Waals surface area contributed by atoms with E-state index in [-0.39, 0.29) is 0 Å². The van der Waals surface area contributed by atoms with Crippen molar-refractivity contribution in [3.63, 3.8) is 0 Å². The first-order valence-corrected chi connectivity index (χ1v) is 4.43. The van der Waals surface area contributed by atoms with Gasteiger partial charge >= 0.3 is 0 Å². The molecule has 1 aromatic carbocycles. The van der Waals surface area contributed by atoms with Crippen molar-refractivity contribution < 1.29 is 5.11 Å². The van der Waals surface area contributed by atoms with E-state index < -0.39 is 6.10 Å². The lowest BCUT2D eigenvalue weighted by atomic mass is 10.2. The molecule has 0 saturated carbocycles. The van der Waals surface area contributed by atoms with Crippen LogP contribution in [0.15, 0.2) is 28.7 Å². The number of hydrogen-bond acceptors (Lipinski definition) is 1. The molecule has 1 aromatic rings. The summed E-state index contributed by atoms with van der Waals surface area (Å²) in [6, 6.07) is 7.67. The van der Waals surface area contributed by atoms with E-state index in [1.165, 1.54) is 0 Å². The molecule has 62 valence electrons. The minimum Gasteiger partial charge on any atom is -0.381 e. The average molecular weight is 225 g/mol. The molecule has 0 fully saturated rings. The van der Waals surface area contributed by atoms with Crippen molar-refractivity contribution in [2.24, 2.45) is 0 Å². The maximum atomic E-state index is 8.90. The Bertz CT molecular complexity index is 320. The van der Waals surface area contributed by atoms with Gasteiger partial charge in [0, 0.05) is 10.0 Å². The molecule has 1 nitrogen and oxygen atoms in total. The van der Waals surface area contributed by atoms with Crippen LogP contribution in [0.5, 0.6) is 0 Å². The molecule has 1 atom stereocenters. The summed E-state index contributed by atoms with van der Waals surface area (Å²) >= 11 is 3.34. The van der Waals surface area contributed by atoms with Gasteiger partial charge in [-0.15, -0.1) is 0 Å². The van der Waals surface area contributed by atoms with Crippen molar-refractivity contribution in [1.29, 1.82) is 0 Å². The van der Waals surface area contributed by atoms with Crippen LogP contribution in [-0.4, -0.2) is 11.2 Å². The summed E-state index contributed by atoms with van der Waals surface area (Å²) in [6.07, 6.45) is -0.566. The molecule has 0 amide bonds. The summed E-state index contributed by atoms with van der Waals surface area (Å²) in [5.41, 5.74) is 0.908. The lowest BCUT2D eigenvalue weighted by molar-refractivity contribution is 0.253. The van der Waals surface area contributed by atoms with Crippen LogP contribution in [0.3, 0.4) is 0 Å². The van der Waals surface area contributed by atoms with E-state index in [0.29, 0.717) is 0 Å². The molecular formula is C10H9BrO. The van der Waals surface area contributed by atoms with Crippen LogP contribution in [0.25, 0.3) is 0 Å². The molecule has 0 radical (unpaired) electrons. The Balaban J connectivity index is 2.85. The molecule has 0 aliphatic carbocycles. The zero-order chi connectivity index (χ0) is 8.97. The minimum absolute atomic E-state index is 0.566. The topological polar surface area (TPSA) is 20.2 Å². The highest BCUT2D eigenvalue weighted by Gasteiger charge is 1.88. The lowest BCUT2D eigenvalue weighted by Gasteiger charge is -1.91. The monoisotopic (exact) mass is 224 g/mol. The van der Waals surface area contributed by atoms with E-state index in [4.69, 9.17) is 5.11 Å². The van der Waals surface area contributed by atoms with E-state index >= 15 is 0 Å². The number of hydrogen-bond donors (Lipinski definition) is 1. The Hall–Kier alpha value is -0.780. The predicted octanol–water partition coefficient (Wildman–Crippen LogP) is 2.18. The van der Waals surface area contributed by atoms with Crippen LogP contribution in [0.4, 0.5) is 0 Å². The van der Waals surface area contributed by atoms with Gasteiger partial charge < -0.3 is 5.11 Å². The molecule has 1 rings (SSSR count). The molecule has 2 heteroatoms. The van der Waals surface area contributed by atoms with Gasteiger partial charge in [0.05, 0.1) is 0 Å². The summed E-state index contributed by atoms with van der Waals surface area (Å²) in [5, 5.41) is 8.90. The highest BCUT2D eigenvalue weighted by molar-refractivity contribution is 9.10. The molecule has 12 heavy (non-hydrogen) atoms. The third-order valence-corrected chi connectivity index (χ3v) is 1.74. The number of benzene rings is 1. The van der Waals surface area contributed by atoms with E-state index in [9.17, 15) is 0 Å².